The van der Waals surface area contributed by atoms with Gasteiger partial charge in [0.25, 0.3) is 5.91 Å². The van der Waals surface area contributed by atoms with Crippen molar-refractivity contribution in [3.63, 3.8) is 0 Å². The zero-order valence-electron chi connectivity index (χ0n) is 14.6. The highest BCUT2D eigenvalue weighted by Gasteiger charge is 2.45. The number of hydrogen-bond acceptors (Lipinski definition) is 4. The van der Waals surface area contributed by atoms with Gasteiger partial charge in [0.05, 0.1) is 11.5 Å². The van der Waals surface area contributed by atoms with E-state index in [2.05, 4.69) is 11.4 Å². The van der Waals surface area contributed by atoms with E-state index in [0.29, 0.717) is 0 Å². The summed E-state index contributed by atoms with van der Waals surface area (Å²) >= 11 is 0. The van der Waals surface area contributed by atoms with Crippen LogP contribution in [0, 0.1) is 17.2 Å². The van der Waals surface area contributed by atoms with Crippen LogP contribution < -0.4 is 5.32 Å². The molecule has 1 aromatic carbocycles. The van der Waals surface area contributed by atoms with E-state index < -0.39 is 16.9 Å². The quantitative estimate of drug-likeness (QED) is 0.808. The first-order valence-corrected chi connectivity index (χ1v) is 8.95. The van der Waals surface area contributed by atoms with Crippen LogP contribution >= 0.6 is 0 Å². The number of ether oxygens (including phenoxy) is 1. The first-order chi connectivity index (χ1) is 12.0. The third kappa shape index (κ3) is 3.53. The molecule has 0 unspecified atom stereocenters. The molecule has 2 aliphatic rings. The number of benzene rings is 1. The van der Waals surface area contributed by atoms with Gasteiger partial charge in [-0.3, -0.25) is 9.59 Å². The van der Waals surface area contributed by atoms with Crippen molar-refractivity contribution in [1.82, 2.24) is 5.32 Å². The van der Waals surface area contributed by atoms with Gasteiger partial charge < -0.3 is 10.1 Å². The third-order valence-electron chi connectivity index (χ3n) is 5.53. The normalized spacial score (nSPS) is 21.0. The van der Waals surface area contributed by atoms with Crippen molar-refractivity contribution < 1.29 is 14.3 Å². The lowest BCUT2D eigenvalue weighted by molar-refractivity contribution is -0.154. The summed E-state index contributed by atoms with van der Waals surface area (Å²) in [5.41, 5.74) is -0.553. The number of rotatable bonds is 6. The van der Waals surface area contributed by atoms with Crippen molar-refractivity contribution in [1.29, 1.82) is 5.26 Å². The second-order valence-electron chi connectivity index (χ2n) is 7.37. The Morgan fingerprint density at radius 1 is 1.28 bits per heavy atom. The van der Waals surface area contributed by atoms with E-state index in [0.717, 1.165) is 44.1 Å². The summed E-state index contributed by atoms with van der Waals surface area (Å²) in [5.74, 6) is -0.551. The van der Waals surface area contributed by atoms with Gasteiger partial charge in [0.2, 0.25) is 0 Å². The van der Waals surface area contributed by atoms with E-state index in [1.165, 1.54) is 0 Å². The molecule has 25 heavy (non-hydrogen) atoms. The largest absolute Gasteiger partial charge is 0.455 e. The molecule has 2 fully saturated rings. The number of hydrogen-bond donors (Lipinski definition) is 1. The van der Waals surface area contributed by atoms with Crippen LogP contribution in [0.5, 0.6) is 0 Å². The van der Waals surface area contributed by atoms with Crippen molar-refractivity contribution in [2.75, 3.05) is 6.61 Å². The molecule has 0 bridgehead atoms. The zero-order chi connectivity index (χ0) is 17.9. The molecule has 5 heteroatoms. The van der Waals surface area contributed by atoms with E-state index in [4.69, 9.17) is 4.74 Å². The lowest BCUT2D eigenvalue weighted by atomic mass is 9.79. The monoisotopic (exact) mass is 340 g/mol. The molecule has 0 radical (unpaired) electrons. The summed E-state index contributed by atoms with van der Waals surface area (Å²) in [6, 6.07) is 11.8. The Labute approximate surface area is 148 Å². The van der Waals surface area contributed by atoms with Crippen LogP contribution in [0.4, 0.5) is 0 Å². The SMILES string of the molecule is C[C@](C#N)(NC(=O)COC(=O)C1(c2ccccc2)CCCC1)C1CC1. The van der Waals surface area contributed by atoms with Crippen LogP contribution in [0.3, 0.4) is 0 Å². The minimum Gasteiger partial charge on any atom is -0.455 e. The molecule has 3 rings (SSSR count). The van der Waals surface area contributed by atoms with Gasteiger partial charge in [-0.1, -0.05) is 43.2 Å². The van der Waals surface area contributed by atoms with Crippen molar-refractivity contribution in [2.24, 2.45) is 5.92 Å². The summed E-state index contributed by atoms with van der Waals surface area (Å²) in [6.45, 7) is 1.39. The van der Waals surface area contributed by atoms with E-state index >= 15 is 0 Å². The lowest BCUT2D eigenvalue weighted by Crippen LogP contribution is -2.48. The predicted octanol–water partition coefficient (Wildman–Crippen LogP) is 2.85. The smallest absolute Gasteiger partial charge is 0.317 e. The van der Waals surface area contributed by atoms with Gasteiger partial charge in [-0.25, -0.2) is 0 Å². The fourth-order valence-electron chi connectivity index (χ4n) is 3.82. The summed E-state index contributed by atoms with van der Waals surface area (Å²) in [4.78, 5) is 25.0. The molecule has 0 aliphatic heterocycles. The second kappa shape index (κ2) is 6.87. The van der Waals surface area contributed by atoms with Crippen molar-refractivity contribution in [2.45, 2.75) is 56.4 Å². The Balaban J connectivity index is 1.63. The molecule has 0 aromatic heterocycles. The number of nitrogens with zero attached hydrogens (tertiary/aromatic N) is 1. The highest BCUT2D eigenvalue weighted by molar-refractivity contribution is 5.87. The Morgan fingerprint density at radius 3 is 2.48 bits per heavy atom. The van der Waals surface area contributed by atoms with Crippen LogP contribution in [-0.2, 0) is 19.7 Å². The van der Waals surface area contributed by atoms with Gasteiger partial charge in [-0.15, -0.1) is 0 Å². The molecule has 1 atom stereocenters. The highest BCUT2D eigenvalue weighted by Crippen LogP contribution is 2.42. The molecule has 0 heterocycles. The van der Waals surface area contributed by atoms with Crippen molar-refractivity contribution >= 4 is 11.9 Å². The third-order valence-corrected chi connectivity index (χ3v) is 5.53. The van der Waals surface area contributed by atoms with Gasteiger partial charge in [0.1, 0.15) is 5.54 Å². The molecule has 0 saturated heterocycles. The maximum atomic E-state index is 12.8. The summed E-state index contributed by atoms with van der Waals surface area (Å²) in [5, 5.41) is 12.0. The molecule has 1 amide bonds. The van der Waals surface area contributed by atoms with E-state index in [-0.39, 0.29) is 18.5 Å². The van der Waals surface area contributed by atoms with Crippen LogP contribution in [0.2, 0.25) is 0 Å². The van der Waals surface area contributed by atoms with E-state index in [1.54, 1.807) is 6.92 Å². The average molecular weight is 340 g/mol. The molecule has 132 valence electrons. The Hall–Kier alpha value is -2.35. The first-order valence-electron chi connectivity index (χ1n) is 8.95. The topological polar surface area (TPSA) is 79.2 Å². The molecule has 2 aliphatic carbocycles. The Morgan fingerprint density at radius 2 is 1.92 bits per heavy atom. The Bertz CT molecular complexity index is 685. The second-order valence-corrected chi connectivity index (χ2v) is 7.37. The number of amides is 1. The molecular weight excluding hydrogens is 316 g/mol. The lowest BCUT2D eigenvalue weighted by Gasteiger charge is -2.28. The van der Waals surface area contributed by atoms with Crippen LogP contribution in [0.1, 0.15) is 51.0 Å². The van der Waals surface area contributed by atoms with Gasteiger partial charge in [0, 0.05) is 0 Å². The molecular formula is C20H24N2O3. The number of nitriles is 1. The van der Waals surface area contributed by atoms with Crippen LogP contribution in [-0.4, -0.2) is 24.0 Å². The summed E-state index contributed by atoms with van der Waals surface area (Å²) in [6.07, 6.45) is 5.34. The van der Waals surface area contributed by atoms with E-state index in [1.807, 2.05) is 30.3 Å². The molecule has 5 nitrogen and oxygen atoms in total. The summed E-state index contributed by atoms with van der Waals surface area (Å²) < 4.78 is 5.38. The molecule has 2 saturated carbocycles. The predicted molar refractivity (Wildman–Crippen MR) is 92.4 cm³/mol. The maximum absolute atomic E-state index is 12.8. The summed E-state index contributed by atoms with van der Waals surface area (Å²) in [7, 11) is 0. The van der Waals surface area contributed by atoms with Crippen molar-refractivity contribution in [3.8, 4) is 6.07 Å². The molecule has 1 N–H and O–H groups in total. The van der Waals surface area contributed by atoms with Gasteiger partial charge in [-0.05, 0) is 44.1 Å². The number of esters is 1. The van der Waals surface area contributed by atoms with Gasteiger partial charge in [-0.2, -0.15) is 5.26 Å². The standard InChI is InChI=1S/C20H24N2O3/c1-19(14-21,15-9-10-15)22-17(23)13-25-18(24)20(11-5-6-12-20)16-7-3-2-4-8-16/h2-4,7-8,15H,5-6,9-13H2,1H3,(H,22,23)/t19-/m1/s1. The molecule has 0 spiro atoms. The van der Waals surface area contributed by atoms with Gasteiger partial charge >= 0.3 is 5.97 Å². The average Bonchev–Trinajstić information content (AvgIpc) is 3.38. The van der Waals surface area contributed by atoms with Gasteiger partial charge in [0.15, 0.2) is 6.61 Å². The highest BCUT2D eigenvalue weighted by atomic mass is 16.5. The minimum absolute atomic E-state index is 0.197. The fourth-order valence-corrected chi connectivity index (χ4v) is 3.82. The van der Waals surface area contributed by atoms with Crippen LogP contribution in [0.15, 0.2) is 30.3 Å². The van der Waals surface area contributed by atoms with E-state index in [9.17, 15) is 14.9 Å². The van der Waals surface area contributed by atoms with Crippen molar-refractivity contribution in [3.05, 3.63) is 35.9 Å². The Kier molecular flexibility index (Phi) is 4.80. The van der Waals surface area contributed by atoms with Crippen LogP contribution in [0.25, 0.3) is 0 Å². The first kappa shape index (κ1) is 17.5. The maximum Gasteiger partial charge on any atom is 0.317 e. The zero-order valence-corrected chi connectivity index (χ0v) is 14.6. The molecule has 1 aromatic rings. The number of carbonyl (C=O) groups excluding carboxylic acids is 2. The fraction of sp³-hybridized carbons (Fsp3) is 0.550. The minimum atomic E-state index is -0.867. The number of carbonyl (C=O) groups is 2. The number of nitrogens with one attached hydrogen (secondary N) is 1.